The SMILES string of the molecule is Cc1ccc(S(=O)(=O)N(CC(=O)N(Cc2ccc(Cl)cc2Cl)[C@H](Cc2ccccc2)C(=O)NC2CCCC2)c2ccc(Cl)cc2)cc1. The first-order valence-corrected chi connectivity index (χ1v) is 18.0. The standard InChI is InChI=1S/C36H36Cl3N3O4S/c1-25-11-19-32(20-12-25)47(45,46)42(31-17-15-28(37)16-18-31)24-35(43)41(23-27-13-14-29(38)22-33(27)39)34(21-26-7-3-2-4-8-26)36(44)40-30-9-5-6-10-30/h2-4,7-8,11-20,22,30,34H,5-6,9-10,21,23-24H2,1H3,(H,40,44)/t34-/m1/s1. The molecule has 7 nitrogen and oxygen atoms in total. The highest BCUT2D eigenvalue weighted by atomic mass is 35.5. The predicted octanol–water partition coefficient (Wildman–Crippen LogP) is 7.85. The summed E-state index contributed by atoms with van der Waals surface area (Å²) >= 11 is 18.9. The highest BCUT2D eigenvalue weighted by Gasteiger charge is 2.36. The number of sulfonamides is 1. The lowest BCUT2D eigenvalue weighted by molar-refractivity contribution is -0.140. The number of hydrogen-bond acceptors (Lipinski definition) is 4. The first-order valence-electron chi connectivity index (χ1n) is 15.4. The molecule has 1 N–H and O–H groups in total. The molecule has 0 unspecified atom stereocenters. The minimum atomic E-state index is -4.22. The van der Waals surface area contributed by atoms with Gasteiger partial charge in [0.25, 0.3) is 10.0 Å². The number of nitrogens with zero attached hydrogens (tertiary/aromatic N) is 2. The van der Waals surface area contributed by atoms with Crippen molar-refractivity contribution >= 4 is 62.3 Å². The number of nitrogens with one attached hydrogen (secondary N) is 1. The van der Waals surface area contributed by atoms with Gasteiger partial charge in [0.05, 0.1) is 10.6 Å². The number of hydrogen-bond donors (Lipinski definition) is 1. The molecule has 0 bridgehead atoms. The third kappa shape index (κ3) is 8.87. The van der Waals surface area contributed by atoms with E-state index in [9.17, 15) is 18.0 Å². The molecule has 5 rings (SSSR count). The maximum absolute atomic E-state index is 14.6. The summed E-state index contributed by atoms with van der Waals surface area (Å²) < 4.78 is 29.4. The van der Waals surface area contributed by atoms with Crippen molar-refractivity contribution in [2.45, 2.75) is 62.6 Å². The molecule has 1 saturated carbocycles. The molecule has 0 radical (unpaired) electrons. The van der Waals surface area contributed by atoms with Crippen molar-refractivity contribution in [1.29, 1.82) is 0 Å². The fourth-order valence-electron chi connectivity index (χ4n) is 5.73. The number of amides is 2. The van der Waals surface area contributed by atoms with E-state index in [1.165, 1.54) is 17.0 Å². The number of benzene rings is 4. The normalized spacial score (nSPS) is 14.0. The van der Waals surface area contributed by atoms with Crippen molar-refractivity contribution in [1.82, 2.24) is 10.2 Å². The Balaban J connectivity index is 1.58. The minimum Gasteiger partial charge on any atom is -0.352 e. The highest BCUT2D eigenvalue weighted by molar-refractivity contribution is 7.92. The molecular formula is C36H36Cl3N3O4S. The van der Waals surface area contributed by atoms with Crippen LogP contribution in [0.25, 0.3) is 0 Å². The Morgan fingerprint density at radius 3 is 2.13 bits per heavy atom. The molecule has 1 fully saturated rings. The van der Waals surface area contributed by atoms with Crippen LogP contribution in [0.4, 0.5) is 5.69 Å². The predicted molar refractivity (Wildman–Crippen MR) is 189 cm³/mol. The summed E-state index contributed by atoms with van der Waals surface area (Å²) in [7, 11) is -4.22. The third-order valence-electron chi connectivity index (χ3n) is 8.33. The average Bonchev–Trinajstić information content (AvgIpc) is 3.56. The Bertz CT molecular complexity index is 1800. The first kappa shape index (κ1) is 34.8. The summed E-state index contributed by atoms with van der Waals surface area (Å²) in [5, 5.41) is 4.33. The zero-order chi connectivity index (χ0) is 33.6. The molecule has 0 aromatic heterocycles. The Hall–Kier alpha value is -3.56. The summed E-state index contributed by atoms with van der Waals surface area (Å²) in [4.78, 5) is 30.2. The van der Waals surface area contributed by atoms with Gasteiger partial charge in [0.1, 0.15) is 12.6 Å². The fourth-order valence-corrected chi connectivity index (χ4v) is 7.74. The van der Waals surface area contributed by atoms with E-state index in [0.717, 1.165) is 41.1 Å². The average molecular weight is 713 g/mol. The maximum Gasteiger partial charge on any atom is 0.264 e. The van der Waals surface area contributed by atoms with Gasteiger partial charge in [-0.3, -0.25) is 13.9 Å². The lowest BCUT2D eigenvalue weighted by atomic mass is 10.0. The molecule has 1 atom stereocenters. The van der Waals surface area contributed by atoms with Crippen molar-refractivity contribution < 1.29 is 18.0 Å². The van der Waals surface area contributed by atoms with Gasteiger partial charge in [-0.2, -0.15) is 0 Å². The second-order valence-corrected chi connectivity index (χ2v) is 14.9. The molecule has 47 heavy (non-hydrogen) atoms. The van der Waals surface area contributed by atoms with Gasteiger partial charge < -0.3 is 10.2 Å². The summed E-state index contributed by atoms with van der Waals surface area (Å²) in [6.07, 6.45) is 3.97. The monoisotopic (exact) mass is 711 g/mol. The molecule has 0 saturated heterocycles. The molecule has 0 heterocycles. The van der Waals surface area contributed by atoms with Gasteiger partial charge in [0.15, 0.2) is 0 Å². The van der Waals surface area contributed by atoms with Gasteiger partial charge in [0.2, 0.25) is 11.8 Å². The van der Waals surface area contributed by atoms with E-state index in [0.29, 0.717) is 20.6 Å². The molecule has 0 spiro atoms. The van der Waals surface area contributed by atoms with E-state index in [1.807, 2.05) is 37.3 Å². The van der Waals surface area contributed by atoms with Crippen LogP contribution in [0.3, 0.4) is 0 Å². The Morgan fingerprint density at radius 2 is 1.49 bits per heavy atom. The zero-order valence-electron chi connectivity index (χ0n) is 25.9. The Labute approximate surface area is 291 Å². The molecular weight excluding hydrogens is 677 g/mol. The van der Waals surface area contributed by atoms with Crippen molar-refractivity contribution in [3.05, 3.63) is 129 Å². The lowest BCUT2D eigenvalue weighted by Gasteiger charge is -2.34. The van der Waals surface area contributed by atoms with E-state index < -0.39 is 28.5 Å². The molecule has 11 heteroatoms. The van der Waals surface area contributed by atoms with Crippen LogP contribution in [-0.4, -0.2) is 43.8 Å². The minimum absolute atomic E-state index is 0.00401. The first-order chi connectivity index (χ1) is 22.5. The van der Waals surface area contributed by atoms with Gasteiger partial charge in [-0.1, -0.05) is 102 Å². The van der Waals surface area contributed by atoms with Crippen LogP contribution in [0, 0.1) is 6.92 Å². The van der Waals surface area contributed by atoms with Crippen molar-refractivity contribution in [3.63, 3.8) is 0 Å². The smallest absolute Gasteiger partial charge is 0.264 e. The van der Waals surface area contributed by atoms with Crippen molar-refractivity contribution in [2.75, 3.05) is 10.8 Å². The van der Waals surface area contributed by atoms with E-state index in [2.05, 4.69) is 5.32 Å². The van der Waals surface area contributed by atoms with Crippen LogP contribution < -0.4 is 9.62 Å². The summed E-state index contributed by atoms with van der Waals surface area (Å²) in [6, 6.07) is 26.1. The van der Waals surface area contributed by atoms with E-state index >= 15 is 0 Å². The van der Waals surface area contributed by atoms with Crippen molar-refractivity contribution in [3.8, 4) is 0 Å². The Morgan fingerprint density at radius 1 is 0.851 bits per heavy atom. The maximum atomic E-state index is 14.6. The van der Waals surface area contributed by atoms with Crippen LogP contribution in [0.1, 0.15) is 42.4 Å². The summed E-state index contributed by atoms with van der Waals surface area (Å²) in [6.45, 7) is 1.23. The van der Waals surface area contributed by atoms with Crippen LogP contribution in [-0.2, 0) is 32.6 Å². The quantitative estimate of drug-likeness (QED) is 0.162. The van der Waals surface area contributed by atoms with Gasteiger partial charge in [0, 0.05) is 34.1 Å². The van der Waals surface area contributed by atoms with Crippen molar-refractivity contribution in [2.24, 2.45) is 0 Å². The van der Waals surface area contributed by atoms with Gasteiger partial charge in [-0.25, -0.2) is 8.42 Å². The second kappa shape index (κ2) is 15.6. The molecule has 1 aliphatic rings. The summed E-state index contributed by atoms with van der Waals surface area (Å²) in [5.41, 5.74) is 2.56. The van der Waals surface area contributed by atoms with Crippen LogP contribution in [0.2, 0.25) is 15.1 Å². The van der Waals surface area contributed by atoms with E-state index in [-0.39, 0.29) is 35.5 Å². The highest BCUT2D eigenvalue weighted by Crippen LogP contribution is 2.28. The number of aryl methyl sites for hydroxylation is 1. The molecule has 2 amide bonds. The molecule has 4 aromatic carbocycles. The number of halogens is 3. The Kier molecular flexibility index (Phi) is 11.5. The summed E-state index contributed by atoms with van der Waals surface area (Å²) in [5.74, 6) is -0.886. The number of carbonyl (C=O) groups is 2. The fraction of sp³-hybridized carbons (Fsp3) is 0.278. The van der Waals surface area contributed by atoms with Crippen LogP contribution in [0.5, 0.6) is 0 Å². The van der Waals surface area contributed by atoms with Gasteiger partial charge in [-0.15, -0.1) is 0 Å². The van der Waals surface area contributed by atoms with E-state index in [1.54, 1.807) is 54.6 Å². The molecule has 4 aromatic rings. The van der Waals surface area contributed by atoms with E-state index in [4.69, 9.17) is 34.8 Å². The lowest BCUT2D eigenvalue weighted by Crippen LogP contribution is -2.54. The molecule has 1 aliphatic carbocycles. The zero-order valence-corrected chi connectivity index (χ0v) is 29.0. The second-order valence-electron chi connectivity index (χ2n) is 11.8. The molecule has 0 aliphatic heterocycles. The largest absolute Gasteiger partial charge is 0.352 e. The van der Waals surface area contributed by atoms with Gasteiger partial charge in [-0.05, 0) is 79.4 Å². The number of carbonyl (C=O) groups excluding carboxylic acids is 2. The van der Waals surface area contributed by atoms with Crippen LogP contribution in [0.15, 0.2) is 102 Å². The molecule has 246 valence electrons. The topological polar surface area (TPSA) is 86.8 Å². The number of anilines is 1. The van der Waals surface area contributed by atoms with Crippen LogP contribution >= 0.6 is 34.8 Å². The third-order valence-corrected chi connectivity index (χ3v) is 11.0. The number of rotatable bonds is 12. The van der Waals surface area contributed by atoms with Gasteiger partial charge >= 0.3 is 0 Å².